The zero-order valence-electron chi connectivity index (χ0n) is 20.7. The number of nitrogens with zero attached hydrogens (tertiary/aromatic N) is 1. The predicted molar refractivity (Wildman–Crippen MR) is 128 cm³/mol. The van der Waals surface area contributed by atoms with Crippen LogP contribution in [0.4, 0.5) is 0 Å². The van der Waals surface area contributed by atoms with Gasteiger partial charge in [0.1, 0.15) is 11.5 Å². The fourth-order valence-electron chi connectivity index (χ4n) is 4.56. The molecular weight excluding hydrogens is 418 g/mol. The third-order valence-electron chi connectivity index (χ3n) is 6.48. The van der Waals surface area contributed by atoms with Gasteiger partial charge in [-0.3, -0.25) is 4.98 Å². The van der Waals surface area contributed by atoms with E-state index in [-0.39, 0.29) is 19.4 Å². The molecule has 1 aromatic heterocycles. The molecule has 1 aliphatic carbocycles. The monoisotopic (exact) mass is 455 g/mol. The van der Waals surface area contributed by atoms with Crippen LogP contribution in [-0.4, -0.2) is 38.1 Å². The van der Waals surface area contributed by atoms with Crippen LogP contribution in [0.2, 0.25) is 0 Å². The fraction of sp³-hybridized carbons (Fsp3) is 0.556. The number of rotatable bonds is 10. The lowest BCUT2D eigenvalue weighted by Crippen LogP contribution is -2.15. The summed E-state index contributed by atoms with van der Waals surface area (Å²) in [5.41, 5.74) is 6.65. The van der Waals surface area contributed by atoms with Crippen molar-refractivity contribution in [2.45, 2.75) is 72.1 Å². The Labute approximate surface area is 197 Å². The van der Waals surface area contributed by atoms with Crippen molar-refractivity contribution in [3.8, 4) is 11.5 Å². The summed E-state index contributed by atoms with van der Waals surface area (Å²) < 4.78 is 21.7. The zero-order valence-corrected chi connectivity index (χ0v) is 20.7. The van der Waals surface area contributed by atoms with Crippen LogP contribution in [0.25, 0.3) is 0 Å². The molecule has 0 amide bonds. The standard InChI is InChI=1S/C27H37NO5/c1-6-31-26(29)16-32-25-14-18(2)23(19(3)20(25)4)15-22-12-13-24(33-17-30-5)27(28-22)21-10-8-7-9-11-21/h12-14,21H,6-11,15-17H2,1-5H3. The third kappa shape index (κ3) is 6.47. The lowest BCUT2D eigenvalue weighted by Gasteiger charge is -2.24. The molecule has 33 heavy (non-hydrogen) atoms. The summed E-state index contributed by atoms with van der Waals surface area (Å²) in [5, 5.41) is 0. The maximum absolute atomic E-state index is 11.7. The number of aryl methyl sites for hydroxylation is 1. The highest BCUT2D eigenvalue weighted by molar-refractivity contribution is 5.71. The van der Waals surface area contributed by atoms with Gasteiger partial charge in [-0.25, -0.2) is 4.79 Å². The highest BCUT2D eigenvalue weighted by atomic mass is 16.7. The molecule has 0 N–H and O–H groups in total. The summed E-state index contributed by atoms with van der Waals surface area (Å²) in [6, 6.07) is 6.10. The number of benzene rings is 1. The summed E-state index contributed by atoms with van der Waals surface area (Å²) in [7, 11) is 1.64. The molecule has 1 saturated carbocycles. The topological polar surface area (TPSA) is 66.9 Å². The predicted octanol–water partition coefficient (Wildman–Crippen LogP) is 5.57. The summed E-state index contributed by atoms with van der Waals surface area (Å²) >= 11 is 0. The van der Waals surface area contributed by atoms with E-state index in [0.29, 0.717) is 12.5 Å². The molecule has 0 saturated heterocycles. The van der Waals surface area contributed by atoms with Crippen LogP contribution in [-0.2, 0) is 20.7 Å². The minimum absolute atomic E-state index is 0.0812. The Morgan fingerprint density at radius 1 is 1.03 bits per heavy atom. The van der Waals surface area contributed by atoms with Gasteiger partial charge in [-0.2, -0.15) is 0 Å². The Kier molecular flexibility index (Phi) is 9.12. The van der Waals surface area contributed by atoms with Crippen LogP contribution in [0, 0.1) is 20.8 Å². The fourth-order valence-corrected chi connectivity index (χ4v) is 4.56. The molecule has 1 heterocycles. The number of pyridine rings is 1. The van der Waals surface area contributed by atoms with Gasteiger partial charge in [-0.1, -0.05) is 19.3 Å². The van der Waals surface area contributed by atoms with Gasteiger partial charge < -0.3 is 18.9 Å². The maximum Gasteiger partial charge on any atom is 0.344 e. The van der Waals surface area contributed by atoms with E-state index in [4.69, 9.17) is 23.9 Å². The number of hydrogen-bond donors (Lipinski definition) is 0. The van der Waals surface area contributed by atoms with E-state index in [2.05, 4.69) is 19.9 Å². The van der Waals surface area contributed by atoms with Crippen LogP contribution in [0.3, 0.4) is 0 Å². The molecule has 1 fully saturated rings. The molecule has 0 unspecified atom stereocenters. The first-order valence-corrected chi connectivity index (χ1v) is 11.9. The number of ether oxygens (including phenoxy) is 4. The summed E-state index contributed by atoms with van der Waals surface area (Å²) in [6.07, 6.45) is 6.83. The molecule has 0 radical (unpaired) electrons. The SMILES string of the molecule is CCOC(=O)COc1cc(C)c(Cc2ccc(OCOC)c(C3CCCCC3)n2)c(C)c1C. The summed E-state index contributed by atoms with van der Waals surface area (Å²) in [6.45, 7) is 8.50. The van der Waals surface area contributed by atoms with Crippen LogP contribution >= 0.6 is 0 Å². The van der Waals surface area contributed by atoms with Crippen LogP contribution < -0.4 is 9.47 Å². The molecule has 180 valence electrons. The van der Waals surface area contributed by atoms with Crippen molar-refractivity contribution in [1.29, 1.82) is 0 Å². The molecule has 0 atom stereocenters. The molecule has 1 aliphatic rings. The van der Waals surface area contributed by atoms with Gasteiger partial charge >= 0.3 is 5.97 Å². The molecular formula is C27H37NO5. The van der Waals surface area contributed by atoms with Gasteiger partial charge in [0.05, 0.1) is 12.3 Å². The molecule has 0 bridgehead atoms. The number of carbonyl (C=O) groups is 1. The quantitative estimate of drug-likeness (QED) is 0.345. The van der Waals surface area contributed by atoms with Crippen molar-refractivity contribution < 1.29 is 23.7 Å². The van der Waals surface area contributed by atoms with Crippen molar-refractivity contribution >= 4 is 5.97 Å². The number of methoxy groups -OCH3 is 1. The second-order valence-corrected chi connectivity index (χ2v) is 8.76. The first-order chi connectivity index (χ1) is 15.9. The van der Waals surface area contributed by atoms with Gasteiger partial charge in [0.15, 0.2) is 13.4 Å². The smallest absolute Gasteiger partial charge is 0.344 e. The Balaban J connectivity index is 1.84. The maximum atomic E-state index is 11.7. The van der Waals surface area contributed by atoms with Gasteiger partial charge in [-0.15, -0.1) is 0 Å². The van der Waals surface area contributed by atoms with Gasteiger partial charge in [0.25, 0.3) is 0 Å². The molecule has 6 nitrogen and oxygen atoms in total. The average molecular weight is 456 g/mol. The minimum atomic E-state index is -0.355. The molecule has 2 aromatic rings. The van der Waals surface area contributed by atoms with E-state index in [1.165, 1.54) is 24.8 Å². The first kappa shape index (κ1) is 25.0. The second kappa shape index (κ2) is 12.0. The van der Waals surface area contributed by atoms with Crippen molar-refractivity contribution in [2.75, 3.05) is 27.1 Å². The Morgan fingerprint density at radius 3 is 2.48 bits per heavy atom. The molecule has 6 heteroatoms. The Hall–Kier alpha value is -2.60. The minimum Gasteiger partial charge on any atom is -0.482 e. The van der Waals surface area contributed by atoms with Crippen molar-refractivity contribution in [3.63, 3.8) is 0 Å². The highest BCUT2D eigenvalue weighted by Gasteiger charge is 2.22. The van der Waals surface area contributed by atoms with Crippen molar-refractivity contribution in [2.24, 2.45) is 0 Å². The number of esters is 1. The molecule has 3 rings (SSSR count). The number of hydrogen-bond acceptors (Lipinski definition) is 6. The molecule has 0 spiro atoms. The van der Waals surface area contributed by atoms with E-state index >= 15 is 0 Å². The normalized spacial score (nSPS) is 14.2. The van der Waals surface area contributed by atoms with Crippen molar-refractivity contribution in [3.05, 3.63) is 51.8 Å². The van der Waals surface area contributed by atoms with Crippen LogP contribution in [0.5, 0.6) is 11.5 Å². The van der Waals surface area contributed by atoms with Crippen LogP contribution in [0.15, 0.2) is 18.2 Å². The second-order valence-electron chi connectivity index (χ2n) is 8.76. The summed E-state index contributed by atoms with van der Waals surface area (Å²) in [4.78, 5) is 16.8. The first-order valence-electron chi connectivity index (χ1n) is 11.9. The highest BCUT2D eigenvalue weighted by Crippen LogP contribution is 2.37. The molecule has 1 aromatic carbocycles. The number of carbonyl (C=O) groups excluding carboxylic acids is 1. The lowest BCUT2D eigenvalue weighted by molar-refractivity contribution is -0.145. The van der Waals surface area contributed by atoms with E-state index in [1.807, 2.05) is 19.1 Å². The van der Waals surface area contributed by atoms with Gasteiger partial charge in [0, 0.05) is 25.1 Å². The van der Waals surface area contributed by atoms with E-state index in [0.717, 1.165) is 58.8 Å². The lowest BCUT2D eigenvalue weighted by atomic mass is 9.86. The summed E-state index contributed by atoms with van der Waals surface area (Å²) in [5.74, 6) is 1.64. The van der Waals surface area contributed by atoms with E-state index in [9.17, 15) is 4.79 Å². The Bertz CT molecular complexity index is 950. The van der Waals surface area contributed by atoms with Crippen molar-refractivity contribution in [1.82, 2.24) is 4.98 Å². The van der Waals surface area contributed by atoms with Gasteiger partial charge in [0.2, 0.25) is 0 Å². The zero-order chi connectivity index (χ0) is 23.8. The largest absolute Gasteiger partial charge is 0.482 e. The molecule has 0 aliphatic heterocycles. The van der Waals surface area contributed by atoms with Gasteiger partial charge in [-0.05, 0) is 81.0 Å². The third-order valence-corrected chi connectivity index (χ3v) is 6.48. The average Bonchev–Trinajstić information content (AvgIpc) is 2.83. The van der Waals surface area contributed by atoms with Crippen LogP contribution in [0.1, 0.15) is 78.6 Å². The number of aromatic nitrogens is 1. The van der Waals surface area contributed by atoms with E-state index in [1.54, 1.807) is 14.0 Å². The Morgan fingerprint density at radius 2 is 1.79 bits per heavy atom. The van der Waals surface area contributed by atoms with E-state index < -0.39 is 0 Å².